The van der Waals surface area contributed by atoms with Crippen LogP contribution in [0.1, 0.15) is 55.8 Å². The molecule has 2 aromatic carbocycles. The third kappa shape index (κ3) is 4.03. The minimum atomic E-state index is -0.132. The highest BCUT2D eigenvalue weighted by molar-refractivity contribution is 5.98. The molecular weight excluding hydrogens is 364 g/mol. The fraction of sp³-hybridized carbons (Fsp3) is 0.435. The van der Waals surface area contributed by atoms with Crippen molar-refractivity contribution in [3.05, 3.63) is 59.7 Å². The summed E-state index contributed by atoms with van der Waals surface area (Å²) in [6.07, 6.45) is 0. The van der Waals surface area contributed by atoms with Crippen molar-refractivity contribution in [2.45, 2.75) is 39.2 Å². The number of rotatable bonds is 3. The normalized spacial score (nSPS) is 16.9. The van der Waals surface area contributed by atoms with Gasteiger partial charge in [-0.3, -0.25) is 9.69 Å². The minimum absolute atomic E-state index is 0.0384. The summed E-state index contributed by atoms with van der Waals surface area (Å²) in [5.41, 5.74) is 0.615. The molecule has 0 bridgehead atoms. The van der Waals surface area contributed by atoms with Crippen LogP contribution in [-0.2, 0) is 5.41 Å². The van der Waals surface area contributed by atoms with Crippen LogP contribution in [0.25, 0.3) is 10.8 Å². The molecule has 4 rings (SSSR count). The van der Waals surface area contributed by atoms with Crippen LogP contribution in [0.4, 0.5) is 0 Å². The summed E-state index contributed by atoms with van der Waals surface area (Å²) in [4.78, 5) is 21.8. The molecule has 1 aliphatic heterocycles. The Balaban J connectivity index is 1.40. The zero-order chi connectivity index (χ0) is 20.6. The summed E-state index contributed by atoms with van der Waals surface area (Å²) in [7, 11) is 0. The Morgan fingerprint density at radius 3 is 2.38 bits per heavy atom. The Labute approximate surface area is 171 Å². The zero-order valence-electron chi connectivity index (χ0n) is 17.6. The Morgan fingerprint density at radius 1 is 1.03 bits per heavy atom. The van der Waals surface area contributed by atoms with Gasteiger partial charge in [-0.2, -0.15) is 4.98 Å². The van der Waals surface area contributed by atoms with Gasteiger partial charge in [0, 0.05) is 37.2 Å². The summed E-state index contributed by atoms with van der Waals surface area (Å²) in [6, 6.07) is 14.1. The first-order valence-electron chi connectivity index (χ1n) is 10.2. The van der Waals surface area contributed by atoms with E-state index < -0.39 is 0 Å². The van der Waals surface area contributed by atoms with Gasteiger partial charge in [0.15, 0.2) is 5.82 Å². The van der Waals surface area contributed by atoms with Crippen LogP contribution in [0.5, 0.6) is 0 Å². The lowest BCUT2D eigenvalue weighted by molar-refractivity contribution is 0.0552. The van der Waals surface area contributed by atoms with Crippen LogP contribution in [-0.4, -0.2) is 52.0 Å². The van der Waals surface area contributed by atoms with Crippen LogP contribution < -0.4 is 0 Å². The van der Waals surface area contributed by atoms with Crippen molar-refractivity contribution in [3.63, 3.8) is 0 Å². The molecule has 6 nitrogen and oxygen atoms in total. The number of hydrogen-bond acceptors (Lipinski definition) is 5. The van der Waals surface area contributed by atoms with E-state index >= 15 is 0 Å². The number of hydrogen-bond donors (Lipinski definition) is 0. The van der Waals surface area contributed by atoms with Crippen LogP contribution in [0.2, 0.25) is 0 Å². The number of carbonyl (C=O) groups is 1. The standard InChI is InChI=1S/C23H28N4O2/c1-16(20-24-22(25-29-20)23(2,3)4)26-11-13-27(14-12-26)21(28)19-10-9-17-7-5-6-8-18(17)15-19/h5-10,15-16H,11-14H2,1-4H3. The van der Waals surface area contributed by atoms with Gasteiger partial charge in [0.05, 0.1) is 6.04 Å². The highest BCUT2D eigenvalue weighted by Crippen LogP contribution is 2.25. The van der Waals surface area contributed by atoms with Gasteiger partial charge < -0.3 is 9.42 Å². The number of piperazine rings is 1. The number of amides is 1. The summed E-state index contributed by atoms with van der Waals surface area (Å²) >= 11 is 0. The van der Waals surface area contributed by atoms with Gasteiger partial charge in [-0.05, 0) is 29.8 Å². The van der Waals surface area contributed by atoms with Crippen molar-refractivity contribution < 1.29 is 9.32 Å². The topological polar surface area (TPSA) is 62.5 Å². The zero-order valence-corrected chi connectivity index (χ0v) is 17.6. The minimum Gasteiger partial charge on any atom is -0.338 e. The van der Waals surface area contributed by atoms with Gasteiger partial charge >= 0.3 is 0 Å². The second-order valence-electron chi connectivity index (χ2n) is 8.77. The quantitative estimate of drug-likeness (QED) is 0.673. The number of carbonyl (C=O) groups excluding carboxylic acids is 1. The number of aromatic nitrogens is 2. The average Bonchev–Trinajstić information content (AvgIpc) is 3.23. The molecule has 0 radical (unpaired) electrons. The molecule has 3 aromatic rings. The first-order valence-corrected chi connectivity index (χ1v) is 10.2. The van der Waals surface area contributed by atoms with E-state index in [-0.39, 0.29) is 17.4 Å². The molecule has 1 aliphatic rings. The fourth-order valence-electron chi connectivity index (χ4n) is 3.68. The van der Waals surface area contributed by atoms with Crippen LogP contribution in [0.3, 0.4) is 0 Å². The second kappa shape index (κ2) is 7.59. The molecule has 0 N–H and O–H groups in total. The molecule has 1 atom stereocenters. The van der Waals surface area contributed by atoms with E-state index in [1.165, 1.54) is 0 Å². The van der Waals surface area contributed by atoms with Crippen molar-refractivity contribution in [1.82, 2.24) is 19.9 Å². The van der Waals surface area contributed by atoms with Crippen LogP contribution in [0, 0.1) is 0 Å². The predicted molar refractivity (Wildman–Crippen MR) is 113 cm³/mol. The number of fused-ring (bicyclic) bond motifs is 1. The van der Waals surface area contributed by atoms with E-state index in [2.05, 4.69) is 48.8 Å². The first-order chi connectivity index (χ1) is 13.8. The lowest BCUT2D eigenvalue weighted by Crippen LogP contribution is -2.49. The molecule has 1 amide bonds. The summed E-state index contributed by atoms with van der Waals surface area (Å²) in [5.74, 6) is 1.46. The molecular formula is C23H28N4O2. The van der Waals surface area contributed by atoms with Crippen molar-refractivity contribution in [2.75, 3.05) is 26.2 Å². The molecule has 0 aliphatic carbocycles. The summed E-state index contributed by atoms with van der Waals surface area (Å²) in [6.45, 7) is 11.3. The van der Waals surface area contributed by atoms with Gasteiger partial charge in [-0.25, -0.2) is 0 Å². The monoisotopic (exact) mass is 392 g/mol. The van der Waals surface area contributed by atoms with E-state index in [0.717, 1.165) is 35.2 Å². The van der Waals surface area contributed by atoms with Crippen molar-refractivity contribution >= 4 is 16.7 Å². The second-order valence-corrected chi connectivity index (χ2v) is 8.77. The Bertz CT molecular complexity index is 1010. The van der Waals surface area contributed by atoms with Crippen LogP contribution in [0.15, 0.2) is 47.0 Å². The van der Waals surface area contributed by atoms with Gasteiger partial charge in [0.1, 0.15) is 0 Å². The Morgan fingerprint density at radius 2 is 1.72 bits per heavy atom. The van der Waals surface area contributed by atoms with Gasteiger partial charge in [-0.15, -0.1) is 0 Å². The summed E-state index contributed by atoms with van der Waals surface area (Å²) in [5, 5.41) is 6.38. The average molecular weight is 393 g/mol. The molecule has 1 saturated heterocycles. The summed E-state index contributed by atoms with van der Waals surface area (Å²) < 4.78 is 5.51. The maximum Gasteiger partial charge on any atom is 0.253 e. The Kier molecular flexibility index (Phi) is 5.13. The molecule has 1 aromatic heterocycles. The van der Waals surface area contributed by atoms with E-state index in [1.54, 1.807) is 0 Å². The van der Waals surface area contributed by atoms with Gasteiger partial charge in [0.2, 0.25) is 5.89 Å². The molecule has 1 fully saturated rings. The Hall–Kier alpha value is -2.73. The number of benzene rings is 2. The first kappa shape index (κ1) is 19.6. The van der Waals surface area contributed by atoms with Crippen molar-refractivity contribution in [1.29, 1.82) is 0 Å². The lowest BCUT2D eigenvalue weighted by atomic mass is 9.96. The van der Waals surface area contributed by atoms with Gasteiger partial charge in [-0.1, -0.05) is 56.3 Å². The third-order valence-corrected chi connectivity index (χ3v) is 5.62. The van der Waals surface area contributed by atoms with E-state index in [9.17, 15) is 4.79 Å². The number of nitrogens with zero attached hydrogens (tertiary/aromatic N) is 4. The molecule has 1 unspecified atom stereocenters. The molecule has 152 valence electrons. The van der Waals surface area contributed by atoms with Crippen molar-refractivity contribution in [3.8, 4) is 0 Å². The largest absolute Gasteiger partial charge is 0.338 e. The molecule has 29 heavy (non-hydrogen) atoms. The molecule has 6 heteroatoms. The van der Waals surface area contributed by atoms with E-state index in [1.807, 2.05) is 41.3 Å². The van der Waals surface area contributed by atoms with Crippen LogP contribution >= 0.6 is 0 Å². The highest BCUT2D eigenvalue weighted by Gasteiger charge is 2.29. The van der Waals surface area contributed by atoms with Crippen molar-refractivity contribution in [2.24, 2.45) is 0 Å². The molecule has 2 heterocycles. The van der Waals surface area contributed by atoms with Gasteiger partial charge in [0.25, 0.3) is 5.91 Å². The molecule has 0 saturated carbocycles. The maximum absolute atomic E-state index is 13.0. The smallest absolute Gasteiger partial charge is 0.253 e. The highest BCUT2D eigenvalue weighted by atomic mass is 16.5. The third-order valence-electron chi connectivity index (χ3n) is 5.62. The SMILES string of the molecule is CC(c1nc(C(C)(C)C)no1)N1CCN(C(=O)c2ccc3ccccc3c2)CC1. The predicted octanol–water partition coefficient (Wildman–Crippen LogP) is 4.04. The fourth-order valence-corrected chi connectivity index (χ4v) is 3.68. The molecule has 0 spiro atoms. The van der Waals surface area contributed by atoms with E-state index in [4.69, 9.17) is 4.52 Å². The van der Waals surface area contributed by atoms with E-state index in [0.29, 0.717) is 19.0 Å². The maximum atomic E-state index is 13.0. The lowest BCUT2D eigenvalue weighted by Gasteiger charge is -2.36.